The maximum atomic E-state index is 14.0. The standard InChI is InChI=1S/C31H41N3O4/c1-31(2,3)19-28(35)32-27-14-9-15-33(4)29(36)24-12-8-13-26(18-24)38-21-25-17-23(20-34(25)30(27)37)16-22-10-6-5-7-11-22/h5-8,10-13,18,23,25,27H,9,14-17,19-21H2,1-4H3,(H,32,35)/t23-,25-,27-/m0/s1. The Labute approximate surface area is 226 Å². The lowest BCUT2D eigenvalue weighted by Crippen LogP contribution is -2.51. The molecule has 0 radical (unpaired) electrons. The Bertz CT molecular complexity index is 1130. The number of ether oxygens (including phenoxy) is 1. The summed E-state index contributed by atoms with van der Waals surface area (Å²) in [5, 5.41) is 3.04. The first-order valence-electron chi connectivity index (χ1n) is 13.7. The van der Waals surface area contributed by atoms with Gasteiger partial charge in [0.25, 0.3) is 5.91 Å². The van der Waals surface area contributed by atoms with E-state index in [0.717, 1.165) is 12.8 Å². The molecule has 7 nitrogen and oxygen atoms in total. The number of hydrogen-bond donors (Lipinski definition) is 1. The summed E-state index contributed by atoms with van der Waals surface area (Å²) < 4.78 is 6.17. The van der Waals surface area contributed by atoms with E-state index in [-0.39, 0.29) is 29.2 Å². The van der Waals surface area contributed by atoms with Crippen LogP contribution in [-0.4, -0.2) is 66.3 Å². The molecule has 0 unspecified atom stereocenters. The van der Waals surface area contributed by atoms with E-state index >= 15 is 0 Å². The van der Waals surface area contributed by atoms with Gasteiger partial charge in [0.15, 0.2) is 0 Å². The number of hydrogen-bond acceptors (Lipinski definition) is 4. The van der Waals surface area contributed by atoms with Gasteiger partial charge in [-0.2, -0.15) is 0 Å². The maximum Gasteiger partial charge on any atom is 0.253 e. The highest BCUT2D eigenvalue weighted by Gasteiger charge is 2.39. The van der Waals surface area contributed by atoms with Crippen molar-refractivity contribution < 1.29 is 19.1 Å². The Morgan fingerprint density at radius 3 is 2.58 bits per heavy atom. The fourth-order valence-electron chi connectivity index (χ4n) is 5.49. The minimum absolute atomic E-state index is 0.0591. The van der Waals surface area contributed by atoms with E-state index < -0.39 is 6.04 Å². The molecule has 2 aliphatic rings. The Balaban J connectivity index is 1.59. The topological polar surface area (TPSA) is 79.0 Å². The van der Waals surface area contributed by atoms with Crippen molar-refractivity contribution in [3.8, 4) is 5.75 Å². The smallest absolute Gasteiger partial charge is 0.253 e. The summed E-state index contributed by atoms with van der Waals surface area (Å²) in [6, 6.07) is 16.9. The first kappa shape index (κ1) is 27.7. The van der Waals surface area contributed by atoms with Crippen LogP contribution >= 0.6 is 0 Å². The molecular formula is C31H41N3O4. The summed E-state index contributed by atoms with van der Waals surface area (Å²) in [6.45, 7) is 7.50. The van der Waals surface area contributed by atoms with Gasteiger partial charge in [-0.3, -0.25) is 14.4 Å². The lowest BCUT2D eigenvalue weighted by atomic mass is 9.91. The summed E-state index contributed by atoms with van der Waals surface area (Å²) in [5.41, 5.74) is 1.65. The second-order valence-corrected chi connectivity index (χ2v) is 12.0. The third kappa shape index (κ3) is 7.36. The molecule has 0 spiro atoms. The second-order valence-electron chi connectivity index (χ2n) is 12.0. The van der Waals surface area contributed by atoms with Crippen LogP contribution in [0.3, 0.4) is 0 Å². The molecule has 3 amide bonds. The summed E-state index contributed by atoms with van der Waals surface area (Å²) in [4.78, 5) is 43.5. The van der Waals surface area contributed by atoms with E-state index in [2.05, 4.69) is 17.4 Å². The molecule has 0 aliphatic carbocycles. The molecule has 7 heteroatoms. The molecule has 2 aromatic carbocycles. The lowest BCUT2D eigenvalue weighted by molar-refractivity contribution is -0.138. The highest BCUT2D eigenvalue weighted by molar-refractivity contribution is 5.94. The van der Waals surface area contributed by atoms with Crippen LogP contribution in [0.2, 0.25) is 0 Å². The summed E-state index contributed by atoms with van der Waals surface area (Å²) in [5.74, 6) is 0.656. The van der Waals surface area contributed by atoms with Crippen LogP contribution in [-0.2, 0) is 16.0 Å². The SMILES string of the molecule is CN1CCC[C@H](NC(=O)CC(C)(C)C)C(=O)N2C[C@@H](Cc3ccccc3)C[C@H]2COc2cccc(c2)C1=O. The average Bonchev–Trinajstić information content (AvgIpc) is 3.27. The minimum atomic E-state index is -0.632. The first-order valence-corrected chi connectivity index (χ1v) is 13.7. The fraction of sp³-hybridized carbons (Fsp3) is 0.516. The molecule has 1 N–H and O–H groups in total. The van der Waals surface area contributed by atoms with E-state index in [4.69, 9.17) is 4.74 Å². The van der Waals surface area contributed by atoms with Gasteiger partial charge in [-0.15, -0.1) is 0 Å². The molecule has 0 saturated carbocycles. The van der Waals surface area contributed by atoms with Gasteiger partial charge in [0.05, 0.1) is 6.04 Å². The Morgan fingerprint density at radius 1 is 1.08 bits per heavy atom. The molecule has 0 aromatic heterocycles. The van der Waals surface area contributed by atoms with Gasteiger partial charge >= 0.3 is 0 Å². The zero-order valence-electron chi connectivity index (χ0n) is 23.1. The Morgan fingerprint density at radius 2 is 1.84 bits per heavy atom. The summed E-state index contributed by atoms with van der Waals surface area (Å²) in [6.07, 6.45) is 3.13. The van der Waals surface area contributed by atoms with Crippen LogP contribution < -0.4 is 10.1 Å². The van der Waals surface area contributed by atoms with E-state index in [0.29, 0.717) is 56.2 Å². The molecule has 1 saturated heterocycles. The Hall–Kier alpha value is -3.35. The monoisotopic (exact) mass is 519 g/mol. The molecule has 2 aromatic rings. The number of nitrogens with zero attached hydrogens (tertiary/aromatic N) is 2. The van der Waals surface area contributed by atoms with Crippen molar-refractivity contribution in [2.45, 2.75) is 65.0 Å². The predicted molar refractivity (Wildman–Crippen MR) is 148 cm³/mol. The third-order valence-electron chi connectivity index (χ3n) is 7.33. The van der Waals surface area contributed by atoms with Crippen molar-refractivity contribution >= 4 is 17.7 Å². The second kappa shape index (κ2) is 12.0. The predicted octanol–water partition coefficient (Wildman–Crippen LogP) is 4.31. The van der Waals surface area contributed by atoms with Crippen LogP contribution in [0.15, 0.2) is 54.6 Å². The number of nitrogens with one attached hydrogen (secondary N) is 1. The molecule has 204 valence electrons. The highest BCUT2D eigenvalue weighted by atomic mass is 16.5. The molecule has 2 bridgehead atoms. The lowest BCUT2D eigenvalue weighted by Gasteiger charge is -2.31. The van der Waals surface area contributed by atoms with Crippen LogP contribution in [0, 0.1) is 11.3 Å². The molecule has 1 fully saturated rings. The van der Waals surface area contributed by atoms with Gasteiger partial charge in [0.2, 0.25) is 11.8 Å². The molecule has 2 aliphatic heterocycles. The number of carbonyl (C=O) groups is 3. The van der Waals surface area contributed by atoms with Gasteiger partial charge in [0.1, 0.15) is 18.4 Å². The summed E-state index contributed by atoms with van der Waals surface area (Å²) >= 11 is 0. The van der Waals surface area contributed by atoms with Gasteiger partial charge in [-0.05, 0) is 60.8 Å². The van der Waals surface area contributed by atoms with Crippen LogP contribution in [0.1, 0.15) is 62.4 Å². The first-order chi connectivity index (χ1) is 18.1. The summed E-state index contributed by atoms with van der Waals surface area (Å²) in [7, 11) is 1.77. The number of rotatable bonds is 4. The normalized spacial score (nSPS) is 22.9. The molecular weight excluding hydrogens is 478 g/mol. The van der Waals surface area contributed by atoms with E-state index in [9.17, 15) is 14.4 Å². The van der Waals surface area contributed by atoms with Crippen molar-refractivity contribution in [1.82, 2.24) is 15.1 Å². The third-order valence-corrected chi connectivity index (χ3v) is 7.33. The highest BCUT2D eigenvalue weighted by Crippen LogP contribution is 2.29. The van der Waals surface area contributed by atoms with E-state index in [1.807, 2.05) is 56.0 Å². The largest absolute Gasteiger partial charge is 0.491 e. The zero-order chi connectivity index (χ0) is 27.3. The molecule has 38 heavy (non-hydrogen) atoms. The average molecular weight is 520 g/mol. The van der Waals surface area contributed by atoms with Crippen molar-refractivity contribution in [3.05, 3.63) is 65.7 Å². The number of fused-ring (bicyclic) bond motifs is 3. The van der Waals surface area contributed by atoms with Crippen molar-refractivity contribution in [2.24, 2.45) is 11.3 Å². The number of carbonyl (C=O) groups excluding carboxylic acids is 3. The van der Waals surface area contributed by atoms with Crippen molar-refractivity contribution in [1.29, 1.82) is 0 Å². The van der Waals surface area contributed by atoms with Crippen molar-refractivity contribution in [2.75, 3.05) is 26.7 Å². The molecule has 2 heterocycles. The van der Waals surface area contributed by atoms with Crippen LogP contribution in [0.5, 0.6) is 5.75 Å². The fourth-order valence-corrected chi connectivity index (χ4v) is 5.49. The number of benzene rings is 2. The van der Waals surface area contributed by atoms with E-state index in [1.54, 1.807) is 24.1 Å². The number of amides is 3. The maximum absolute atomic E-state index is 14.0. The quantitative estimate of drug-likeness (QED) is 0.653. The van der Waals surface area contributed by atoms with Crippen molar-refractivity contribution in [3.63, 3.8) is 0 Å². The van der Waals surface area contributed by atoms with Gasteiger partial charge in [-0.25, -0.2) is 0 Å². The zero-order valence-corrected chi connectivity index (χ0v) is 23.1. The Kier molecular flexibility index (Phi) is 8.75. The van der Waals surface area contributed by atoms with Gasteiger partial charge in [0, 0.05) is 32.1 Å². The van der Waals surface area contributed by atoms with Crippen LogP contribution in [0.4, 0.5) is 0 Å². The van der Waals surface area contributed by atoms with Gasteiger partial charge in [-0.1, -0.05) is 57.2 Å². The molecule has 4 rings (SSSR count). The van der Waals surface area contributed by atoms with Crippen LogP contribution in [0.25, 0.3) is 0 Å². The van der Waals surface area contributed by atoms with E-state index in [1.165, 1.54) is 5.56 Å². The minimum Gasteiger partial charge on any atom is -0.491 e. The molecule has 3 atom stereocenters. The van der Waals surface area contributed by atoms with Gasteiger partial charge < -0.3 is 19.9 Å².